The van der Waals surface area contributed by atoms with E-state index >= 15 is 0 Å². The van der Waals surface area contributed by atoms with Gasteiger partial charge in [-0.15, -0.1) is 0 Å². The second-order valence-electron chi connectivity index (χ2n) is 5.72. The Hall–Kier alpha value is -2.15. The molecule has 1 aromatic heterocycles. The van der Waals surface area contributed by atoms with Gasteiger partial charge in [0.05, 0.1) is 18.6 Å². The molecule has 0 aliphatic carbocycles. The number of ether oxygens (including phenoxy) is 1. The van der Waals surface area contributed by atoms with Gasteiger partial charge in [-0.1, -0.05) is 18.2 Å². The van der Waals surface area contributed by atoms with Crippen molar-refractivity contribution in [2.24, 2.45) is 5.92 Å². The first-order valence-corrected chi connectivity index (χ1v) is 9.23. The quantitative estimate of drug-likeness (QED) is 0.914. The molecule has 6 nitrogen and oxygen atoms in total. The molecule has 0 unspecified atom stereocenters. The van der Waals surface area contributed by atoms with Crippen LogP contribution in [-0.2, 0) is 9.84 Å². The lowest BCUT2D eigenvalue weighted by atomic mass is 10.1. The van der Waals surface area contributed by atoms with Gasteiger partial charge in [0, 0.05) is 11.9 Å². The van der Waals surface area contributed by atoms with E-state index < -0.39 is 9.84 Å². The molecule has 1 aromatic carbocycles. The maximum absolute atomic E-state index is 12.3. The van der Waals surface area contributed by atoms with Crippen molar-refractivity contribution in [2.45, 2.75) is 6.42 Å². The third-order valence-corrected chi connectivity index (χ3v) is 5.85. The molecule has 1 atom stereocenters. The average molecular weight is 334 g/mol. The Kier molecular flexibility index (Phi) is 4.21. The number of hydrogen-bond acceptors (Lipinski definition) is 5. The van der Waals surface area contributed by atoms with Crippen molar-refractivity contribution in [3.05, 3.63) is 36.0 Å². The highest BCUT2D eigenvalue weighted by molar-refractivity contribution is 7.91. The minimum Gasteiger partial charge on any atom is -0.481 e. The smallest absolute Gasteiger partial charge is 0.270 e. The Morgan fingerprint density at radius 3 is 2.87 bits per heavy atom. The Morgan fingerprint density at radius 2 is 2.17 bits per heavy atom. The summed E-state index contributed by atoms with van der Waals surface area (Å²) in [6.45, 7) is 0.342. The summed E-state index contributed by atoms with van der Waals surface area (Å²) in [6, 6.07) is 9.24. The van der Waals surface area contributed by atoms with E-state index in [4.69, 9.17) is 4.74 Å². The van der Waals surface area contributed by atoms with Gasteiger partial charge in [0.1, 0.15) is 5.69 Å². The molecule has 122 valence electrons. The van der Waals surface area contributed by atoms with Gasteiger partial charge in [-0.05, 0) is 29.9 Å². The number of methoxy groups -OCH3 is 1. The van der Waals surface area contributed by atoms with Crippen LogP contribution in [0.1, 0.15) is 16.9 Å². The van der Waals surface area contributed by atoms with Crippen molar-refractivity contribution in [1.29, 1.82) is 0 Å². The molecule has 0 spiro atoms. The van der Waals surface area contributed by atoms with Gasteiger partial charge >= 0.3 is 0 Å². The predicted octanol–water partition coefficient (Wildman–Crippen LogP) is 1.41. The van der Waals surface area contributed by atoms with E-state index in [1.165, 1.54) is 7.11 Å². The summed E-state index contributed by atoms with van der Waals surface area (Å²) in [5.41, 5.74) is 0.265. The molecule has 7 heteroatoms. The molecule has 1 aliphatic heterocycles. The van der Waals surface area contributed by atoms with Crippen molar-refractivity contribution in [3.63, 3.8) is 0 Å². The van der Waals surface area contributed by atoms with Crippen LogP contribution in [0.15, 0.2) is 30.3 Å². The van der Waals surface area contributed by atoms with Crippen molar-refractivity contribution in [1.82, 2.24) is 10.3 Å². The third kappa shape index (κ3) is 3.44. The minimum atomic E-state index is -2.93. The predicted molar refractivity (Wildman–Crippen MR) is 87.4 cm³/mol. The van der Waals surface area contributed by atoms with Crippen LogP contribution in [-0.4, -0.2) is 44.5 Å². The number of rotatable bonds is 4. The van der Waals surface area contributed by atoms with Crippen molar-refractivity contribution >= 4 is 26.5 Å². The fraction of sp³-hybridized carbons (Fsp3) is 0.375. The van der Waals surface area contributed by atoms with Gasteiger partial charge in [0.15, 0.2) is 9.84 Å². The Morgan fingerprint density at radius 1 is 1.39 bits per heavy atom. The summed E-state index contributed by atoms with van der Waals surface area (Å²) >= 11 is 0. The van der Waals surface area contributed by atoms with E-state index in [0.717, 1.165) is 10.8 Å². The number of nitrogens with zero attached hydrogens (tertiary/aromatic N) is 1. The van der Waals surface area contributed by atoms with Crippen LogP contribution >= 0.6 is 0 Å². The first kappa shape index (κ1) is 15.7. The number of carbonyl (C=O) groups excluding carboxylic acids is 1. The molecule has 0 bridgehead atoms. The Labute approximate surface area is 134 Å². The van der Waals surface area contributed by atoms with Crippen LogP contribution in [0.5, 0.6) is 5.88 Å². The highest BCUT2D eigenvalue weighted by Gasteiger charge is 2.28. The fourth-order valence-corrected chi connectivity index (χ4v) is 4.66. The van der Waals surface area contributed by atoms with Gasteiger partial charge in [-0.25, -0.2) is 13.4 Å². The molecular weight excluding hydrogens is 316 g/mol. The normalized spacial score (nSPS) is 19.6. The van der Waals surface area contributed by atoms with Crippen molar-refractivity contribution < 1.29 is 17.9 Å². The maximum atomic E-state index is 12.3. The van der Waals surface area contributed by atoms with Crippen molar-refractivity contribution in [2.75, 3.05) is 25.2 Å². The number of sulfone groups is 1. The SMILES string of the molecule is COc1nc(C(=O)NC[C@@H]2CCS(=O)(=O)C2)cc2ccccc12. The molecule has 1 saturated heterocycles. The van der Waals surface area contributed by atoms with Crippen LogP contribution in [0.4, 0.5) is 0 Å². The van der Waals surface area contributed by atoms with E-state index in [-0.39, 0.29) is 29.0 Å². The number of nitrogens with one attached hydrogen (secondary N) is 1. The number of hydrogen-bond donors (Lipinski definition) is 1. The Balaban J connectivity index is 1.76. The lowest BCUT2D eigenvalue weighted by molar-refractivity contribution is 0.0943. The van der Waals surface area contributed by atoms with Gasteiger partial charge in [0.25, 0.3) is 5.91 Å². The summed E-state index contributed by atoms with van der Waals surface area (Å²) in [7, 11) is -1.42. The molecule has 1 aliphatic rings. The van der Waals surface area contributed by atoms with Crippen molar-refractivity contribution in [3.8, 4) is 5.88 Å². The molecule has 1 N–H and O–H groups in total. The standard InChI is InChI=1S/C16H18N2O4S/c1-22-16-13-5-3-2-4-12(13)8-14(18-16)15(19)17-9-11-6-7-23(20,21)10-11/h2-5,8,11H,6-7,9-10H2,1H3,(H,17,19)/t11-/m0/s1. The van der Waals surface area contributed by atoms with E-state index in [2.05, 4.69) is 10.3 Å². The summed E-state index contributed by atoms with van der Waals surface area (Å²) in [4.78, 5) is 16.5. The van der Waals surface area contributed by atoms with Gasteiger partial charge in [-0.3, -0.25) is 4.79 Å². The lowest BCUT2D eigenvalue weighted by Crippen LogP contribution is -2.30. The van der Waals surface area contributed by atoms with Crippen LogP contribution in [0.25, 0.3) is 10.8 Å². The Bertz CT molecular complexity index is 848. The largest absolute Gasteiger partial charge is 0.481 e. The van der Waals surface area contributed by atoms with Gasteiger partial charge < -0.3 is 10.1 Å². The van der Waals surface area contributed by atoms with Gasteiger partial charge in [0.2, 0.25) is 5.88 Å². The average Bonchev–Trinajstić information content (AvgIpc) is 2.90. The first-order chi connectivity index (χ1) is 11.0. The second-order valence-corrected chi connectivity index (χ2v) is 7.95. The highest BCUT2D eigenvalue weighted by Crippen LogP contribution is 2.24. The zero-order valence-corrected chi connectivity index (χ0v) is 13.6. The zero-order chi connectivity index (χ0) is 16.4. The van der Waals surface area contributed by atoms with E-state index in [0.29, 0.717) is 18.8 Å². The molecule has 1 amide bonds. The first-order valence-electron chi connectivity index (χ1n) is 7.41. The minimum absolute atomic E-state index is 0.0219. The van der Waals surface area contributed by atoms with E-state index in [1.54, 1.807) is 6.07 Å². The number of benzene rings is 1. The number of carbonyl (C=O) groups is 1. The number of fused-ring (bicyclic) bond motifs is 1. The fourth-order valence-electron chi connectivity index (χ4n) is 2.80. The molecule has 0 radical (unpaired) electrons. The molecule has 23 heavy (non-hydrogen) atoms. The third-order valence-electron chi connectivity index (χ3n) is 4.01. The summed E-state index contributed by atoms with van der Waals surface area (Å²) in [5, 5.41) is 4.48. The van der Waals surface area contributed by atoms with Crippen LogP contribution in [0.3, 0.4) is 0 Å². The van der Waals surface area contributed by atoms with Gasteiger partial charge in [-0.2, -0.15) is 0 Å². The molecule has 0 saturated carbocycles. The highest BCUT2D eigenvalue weighted by atomic mass is 32.2. The molecule has 2 aromatic rings. The van der Waals surface area contributed by atoms with E-state index in [1.807, 2.05) is 24.3 Å². The summed E-state index contributed by atoms with van der Waals surface area (Å²) in [5.74, 6) is 0.401. The van der Waals surface area contributed by atoms with E-state index in [9.17, 15) is 13.2 Å². The monoisotopic (exact) mass is 334 g/mol. The van der Waals surface area contributed by atoms with Crippen LogP contribution in [0, 0.1) is 5.92 Å². The summed E-state index contributed by atoms with van der Waals surface area (Å²) in [6.07, 6.45) is 0.594. The summed E-state index contributed by atoms with van der Waals surface area (Å²) < 4.78 is 28.1. The number of aromatic nitrogens is 1. The molecule has 3 rings (SSSR count). The number of amides is 1. The molecular formula is C16H18N2O4S. The van der Waals surface area contributed by atoms with Crippen LogP contribution < -0.4 is 10.1 Å². The topological polar surface area (TPSA) is 85.4 Å². The van der Waals surface area contributed by atoms with Crippen LogP contribution in [0.2, 0.25) is 0 Å². The zero-order valence-electron chi connectivity index (χ0n) is 12.8. The number of pyridine rings is 1. The molecule has 2 heterocycles. The lowest BCUT2D eigenvalue weighted by Gasteiger charge is -2.11. The molecule has 1 fully saturated rings. The second kappa shape index (κ2) is 6.16. The maximum Gasteiger partial charge on any atom is 0.270 e.